The van der Waals surface area contributed by atoms with E-state index in [2.05, 4.69) is 34.1 Å². The van der Waals surface area contributed by atoms with Gasteiger partial charge in [0, 0.05) is 44.6 Å². The number of anilines is 2. The number of hydrogen-bond acceptors (Lipinski definition) is 4. The van der Waals surface area contributed by atoms with Crippen molar-refractivity contribution < 1.29 is 4.79 Å². The molecule has 0 saturated carbocycles. The van der Waals surface area contributed by atoms with Gasteiger partial charge in [0.05, 0.1) is 5.56 Å². The monoisotopic (exact) mass is 352 g/mol. The number of benzene rings is 2. The lowest BCUT2D eigenvalue weighted by atomic mass is 9.98. The molecule has 0 radical (unpaired) electrons. The third-order valence-electron chi connectivity index (χ3n) is 4.95. The molecule has 0 fully saturated rings. The molecule has 0 atom stereocenters. The number of carbonyl (C=O) groups excluding carboxylic acids is 1. The first-order chi connectivity index (χ1) is 12.5. The van der Waals surface area contributed by atoms with E-state index in [1.807, 2.05) is 39.3 Å². The number of hydrogen-bond donors (Lipinski definition) is 1. The van der Waals surface area contributed by atoms with Gasteiger partial charge in [0.25, 0.3) is 5.91 Å². The fraction of sp³-hybridized carbons (Fsp3) is 0.381. The molecular formula is C21H28N4O. The molecule has 0 unspecified atom stereocenters. The minimum Gasteiger partial charge on any atom is -0.399 e. The second kappa shape index (κ2) is 7.79. The number of amides is 1. The SMILES string of the molecule is CN(C)CCN(C)C(=O)c1cc(N)ccc1N1CCc2ccccc2C1. The summed E-state index contributed by atoms with van der Waals surface area (Å²) in [6.07, 6.45) is 0.991. The van der Waals surface area contributed by atoms with Gasteiger partial charge < -0.3 is 20.4 Å². The Morgan fingerprint density at radius 3 is 2.54 bits per heavy atom. The third kappa shape index (κ3) is 3.99. The largest absolute Gasteiger partial charge is 0.399 e. The van der Waals surface area contributed by atoms with Gasteiger partial charge in [0.1, 0.15) is 0 Å². The minimum absolute atomic E-state index is 0.0213. The van der Waals surface area contributed by atoms with Crippen molar-refractivity contribution in [3.8, 4) is 0 Å². The molecule has 1 amide bonds. The summed E-state index contributed by atoms with van der Waals surface area (Å²) in [5.74, 6) is 0.0213. The maximum atomic E-state index is 13.0. The van der Waals surface area contributed by atoms with Crippen LogP contribution in [-0.4, -0.2) is 56.5 Å². The van der Waals surface area contributed by atoms with Crippen LogP contribution < -0.4 is 10.6 Å². The van der Waals surface area contributed by atoms with Crippen LogP contribution in [0.1, 0.15) is 21.5 Å². The molecule has 2 aromatic rings. The first-order valence-electron chi connectivity index (χ1n) is 9.07. The molecule has 0 aromatic heterocycles. The minimum atomic E-state index is 0.0213. The Bertz CT molecular complexity index is 787. The molecule has 0 spiro atoms. The molecule has 0 bridgehead atoms. The number of rotatable bonds is 5. The fourth-order valence-electron chi connectivity index (χ4n) is 3.36. The van der Waals surface area contributed by atoms with E-state index < -0.39 is 0 Å². The Labute approximate surface area is 156 Å². The average Bonchev–Trinajstić information content (AvgIpc) is 2.65. The number of nitrogens with zero attached hydrogens (tertiary/aromatic N) is 3. The normalized spacial score (nSPS) is 13.6. The molecule has 1 aliphatic rings. The molecule has 5 heteroatoms. The highest BCUT2D eigenvalue weighted by Crippen LogP contribution is 2.29. The van der Waals surface area contributed by atoms with E-state index in [9.17, 15) is 4.79 Å². The van der Waals surface area contributed by atoms with E-state index in [4.69, 9.17) is 5.73 Å². The molecule has 2 aromatic carbocycles. The van der Waals surface area contributed by atoms with Crippen molar-refractivity contribution in [2.24, 2.45) is 0 Å². The Morgan fingerprint density at radius 1 is 1.08 bits per heavy atom. The summed E-state index contributed by atoms with van der Waals surface area (Å²) >= 11 is 0. The zero-order valence-electron chi connectivity index (χ0n) is 15.9. The smallest absolute Gasteiger partial charge is 0.255 e. The molecule has 0 aliphatic carbocycles. The lowest BCUT2D eigenvalue weighted by molar-refractivity contribution is 0.0787. The van der Waals surface area contributed by atoms with Crippen LogP contribution in [0.3, 0.4) is 0 Å². The number of fused-ring (bicyclic) bond motifs is 1. The second-order valence-corrected chi connectivity index (χ2v) is 7.25. The zero-order valence-corrected chi connectivity index (χ0v) is 15.9. The summed E-state index contributed by atoms with van der Waals surface area (Å²) in [6, 6.07) is 14.2. The summed E-state index contributed by atoms with van der Waals surface area (Å²) in [7, 11) is 5.87. The van der Waals surface area contributed by atoms with Crippen molar-refractivity contribution in [3.05, 3.63) is 59.2 Å². The zero-order chi connectivity index (χ0) is 18.7. The Morgan fingerprint density at radius 2 is 1.81 bits per heavy atom. The van der Waals surface area contributed by atoms with Crippen LogP contribution in [0.4, 0.5) is 11.4 Å². The number of nitrogens with two attached hydrogens (primary N) is 1. The molecule has 2 N–H and O–H groups in total. The van der Waals surface area contributed by atoms with E-state index in [-0.39, 0.29) is 5.91 Å². The summed E-state index contributed by atoms with van der Waals surface area (Å²) in [6.45, 7) is 3.24. The van der Waals surface area contributed by atoms with Crippen molar-refractivity contribution in [1.82, 2.24) is 9.80 Å². The molecular weight excluding hydrogens is 324 g/mol. The molecule has 138 valence electrons. The van der Waals surface area contributed by atoms with Crippen LogP contribution in [0.25, 0.3) is 0 Å². The highest BCUT2D eigenvalue weighted by atomic mass is 16.2. The van der Waals surface area contributed by atoms with Gasteiger partial charge >= 0.3 is 0 Å². The summed E-state index contributed by atoms with van der Waals surface area (Å²) in [4.78, 5) is 19.2. The molecule has 1 heterocycles. The Hall–Kier alpha value is -2.53. The summed E-state index contributed by atoms with van der Waals surface area (Å²) in [5, 5.41) is 0. The van der Waals surface area contributed by atoms with Crippen LogP contribution in [0.2, 0.25) is 0 Å². The lowest BCUT2D eigenvalue weighted by Crippen LogP contribution is -2.36. The molecule has 3 rings (SSSR count). The maximum Gasteiger partial charge on any atom is 0.255 e. The fourth-order valence-corrected chi connectivity index (χ4v) is 3.36. The predicted molar refractivity (Wildman–Crippen MR) is 108 cm³/mol. The number of nitrogen functional groups attached to an aromatic ring is 1. The van der Waals surface area contributed by atoms with Crippen molar-refractivity contribution in [2.45, 2.75) is 13.0 Å². The van der Waals surface area contributed by atoms with Crippen LogP contribution in [0, 0.1) is 0 Å². The van der Waals surface area contributed by atoms with E-state index in [1.165, 1.54) is 11.1 Å². The number of likely N-dealkylation sites (N-methyl/N-ethyl adjacent to an activating group) is 2. The van der Waals surface area contributed by atoms with Gasteiger partial charge in [-0.3, -0.25) is 4.79 Å². The average molecular weight is 352 g/mol. The lowest BCUT2D eigenvalue weighted by Gasteiger charge is -2.33. The highest BCUT2D eigenvalue weighted by molar-refractivity contribution is 6.00. The van der Waals surface area contributed by atoms with Gasteiger partial charge in [0.2, 0.25) is 0 Å². The van der Waals surface area contributed by atoms with Crippen LogP contribution in [-0.2, 0) is 13.0 Å². The topological polar surface area (TPSA) is 52.8 Å². The quantitative estimate of drug-likeness (QED) is 0.840. The van der Waals surface area contributed by atoms with Crippen molar-refractivity contribution >= 4 is 17.3 Å². The van der Waals surface area contributed by atoms with Crippen LogP contribution in [0.15, 0.2) is 42.5 Å². The molecule has 0 saturated heterocycles. The summed E-state index contributed by atoms with van der Waals surface area (Å²) in [5.41, 5.74) is 11.0. The Kier molecular flexibility index (Phi) is 5.47. The second-order valence-electron chi connectivity index (χ2n) is 7.25. The van der Waals surface area contributed by atoms with Crippen molar-refractivity contribution in [3.63, 3.8) is 0 Å². The van der Waals surface area contributed by atoms with Crippen molar-refractivity contribution in [2.75, 3.05) is 51.4 Å². The Balaban J connectivity index is 1.86. The van der Waals surface area contributed by atoms with Gasteiger partial charge in [-0.05, 0) is 49.8 Å². The number of carbonyl (C=O) groups is 1. The molecule has 5 nitrogen and oxygen atoms in total. The van der Waals surface area contributed by atoms with Gasteiger partial charge in [0.15, 0.2) is 0 Å². The highest BCUT2D eigenvalue weighted by Gasteiger charge is 2.23. The van der Waals surface area contributed by atoms with E-state index >= 15 is 0 Å². The van der Waals surface area contributed by atoms with Crippen LogP contribution in [0.5, 0.6) is 0 Å². The molecule has 1 aliphatic heterocycles. The van der Waals surface area contributed by atoms with Gasteiger partial charge in [-0.2, -0.15) is 0 Å². The van der Waals surface area contributed by atoms with Gasteiger partial charge in [-0.15, -0.1) is 0 Å². The van der Waals surface area contributed by atoms with E-state index in [0.717, 1.165) is 31.7 Å². The van der Waals surface area contributed by atoms with Crippen molar-refractivity contribution in [1.29, 1.82) is 0 Å². The van der Waals surface area contributed by atoms with Gasteiger partial charge in [-0.25, -0.2) is 0 Å². The van der Waals surface area contributed by atoms with Crippen LogP contribution >= 0.6 is 0 Å². The molecule has 26 heavy (non-hydrogen) atoms. The van der Waals surface area contributed by atoms with E-state index in [0.29, 0.717) is 17.8 Å². The predicted octanol–water partition coefficient (Wildman–Crippen LogP) is 2.47. The summed E-state index contributed by atoms with van der Waals surface area (Å²) < 4.78 is 0. The first-order valence-corrected chi connectivity index (χ1v) is 9.07. The van der Waals surface area contributed by atoms with E-state index in [1.54, 1.807) is 4.90 Å². The van der Waals surface area contributed by atoms with Gasteiger partial charge in [-0.1, -0.05) is 24.3 Å². The maximum absolute atomic E-state index is 13.0. The third-order valence-corrected chi connectivity index (χ3v) is 4.95. The first kappa shape index (κ1) is 18.3. The standard InChI is InChI=1S/C21H28N4O/c1-23(2)12-13-24(3)21(26)19-14-18(22)8-9-20(19)25-11-10-16-6-4-5-7-17(16)15-25/h4-9,14H,10-13,15,22H2,1-3H3.